The van der Waals surface area contributed by atoms with Crippen LogP contribution >= 0.6 is 0 Å². The molecule has 27 heavy (non-hydrogen) atoms. The fraction of sp³-hybridized carbons (Fsp3) is 0.333. The van der Waals surface area contributed by atoms with Crippen LogP contribution in [0.25, 0.3) is 11.6 Å². The Kier molecular flexibility index (Phi) is 4.39. The Hall–Kier alpha value is -2.81. The number of aromatic nitrogens is 3. The van der Waals surface area contributed by atoms with E-state index in [0.717, 1.165) is 12.8 Å². The van der Waals surface area contributed by atoms with Gasteiger partial charge >= 0.3 is 0 Å². The Morgan fingerprint density at radius 3 is 2.63 bits per heavy atom. The number of benzene rings is 1. The van der Waals surface area contributed by atoms with E-state index in [4.69, 9.17) is 9.15 Å². The molecule has 9 heteroatoms. The standard InChI is InChI=1S/C18H20N4O4S/c1-3-22(13-6-8-14(25-2)9-7-13)27(23,24)15-10-16(19-11-15)18-21-20-17(26-18)12-4-5-12/h6-12,19H,3-5H2,1-2H3. The van der Waals surface area contributed by atoms with Gasteiger partial charge in [-0.15, -0.1) is 10.2 Å². The van der Waals surface area contributed by atoms with Crippen LogP contribution in [-0.2, 0) is 10.0 Å². The van der Waals surface area contributed by atoms with E-state index in [-0.39, 0.29) is 4.90 Å². The first kappa shape index (κ1) is 17.6. The number of nitrogens with zero attached hydrogens (tertiary/aromatic N) is 3. The van der Waals surface area contributed by atoms with Gasteiger partial charge in [0.1, 0.15) is 16.3 Å². The van der Waals surface area contributed by atoms with Crippen LogP contribution in [0.1, 0.15) is 31.6 Å². The van der Waals surface area contributed by atoms with Gasteiger partial charge in [0.2, 0.25) is 5.89 Å². The molecule has 0 aliphatic heterocycles. The van der Waals surface area contributed by atoms with E-state index in [0.29, 0.717) is 41.4 Å². The molecule has 2 aromatic heterocycles. The highest BCUT2D eigenvalue weighted by molar-refractivity contribution is 7.92. The Bertz CT molecular complexity index is 1040. The van der Waals surface area contributed by atoms with E-state index in [9.17, 15) is 8.42 Å². The van der Waals surface area contributed by atoms with E-state index in [2.05, 4.69) is 15.2 Å². The summed E-state index contributed by atoms with van der Waals surface area (Å²) in [5.74, 6) is 1.91. The molecule has 1 N–H and O–H groups in total. The van der Waals surface area contributed by atoms with Gasteiger partial charge in [-0.25, -0.2) is 8.42 Å². The van der Waals surface area contributed by atoms with Crippen molar-refractivity contribution in [2.24, 2.45) is 0 Å². The number of sulfonamides is 1. The van der Waals surface area contributed by atoms with Crippen molar-refractivity contribution < 1.29 is 17.6 Å². The van der Waals surface area contributed by atoms with Crippen LogP contribution in [0.3, 0.4) is 0 Å². The lowest BCUT2D eigenvalue weighted by Gasteiger charge is -2.22. The highest BCUT2D eigenvalue weighted by Crippen LogP contribution is 2.40. The average molecular weight is 388 g/mol. The lowest BCUT2D eigenvalue weighted by molar-refractivity contribution is 0.415. The second-order valence-electron chi connectivity index (χ2n) is 6.34. The molecule has 2 heterocycles. The largest absolute Gasteiger partial charge is 0.497 e. The lowest BCUT2D eigenvalue weighted by atomic mass is 10.3. The van der Waals surface area contributed by atoms with Crippen molar-refractivity contribution in [2.45, 2.75) is 30.6 Å². The molecule has 0 saturated heterocycles. The third-order valence-corrected chi connectivity index (χ3v) is 6.37. The molecule has 0 atom stereocenters. The highest BCUT2D eigenvalue weighted by Gasteiger charge is 2.30. The van der Waals surface area contributed by atoms with Gasteiger partial charge in [-0.1, -0.05) is 0 Å². The highest BCUT2D eigenvalue weighted by atomic mass is 32.2. The summed E-state index contributed by atoms with van der Waals surface area (Å²) in [6, 6.07) is 8.41. The van der Waals surface area contributed by atoms with E-state index in [1.54, 1.807) is 38.3 Å². The van der Waals surface area contributed by atoms with Gasteiger partial charge in [0.15, 0.2) is 0 Å². The Morgan fingerprint density at radius 2 is 2.00 bits per heavy atom. The minimum Gasteiger partial charge on any atom is -0.497 e. The molecule has 4 rings (SSSR count). The SMILES string of the molecule is CCN(c1ccc(OC)cc1)S(=O)(=O)c1c[nH]c(-c2nnc(C3CC3)o2)c1. The monoisotopic (exact) mass is 388 g/mol. The van der Waals surface area contributed by atoms with Gasteiger partial charge in [-0.3, -0.25) is 4.31 Å². The van der Waals surface area contributed by atoms with E-state index < -0.39 is 10.0 Å². The van der Waals surface area contributed by atoms with Crippen molar-refractivity contribution in [1.29, 1.82) is 0 Å². The number of nitrogens with one attached hydrogen (secondary N) is 1. The summed E-state index contributed by atoms with van der Waals surface area (Å²) in [6.45, 7) is 2.08. The number of hydrogen-bond acceptors (Lipinski definition) is 6. The van der Waals surface area contributed by atoms with Crippen LogP contribution in [0.15, 0.2) is 45.8 Å². The van der Waals surface area contributed by atoms with Crippen LogP contribution in [0, 0.1) is 0 Å². The number of methoxy groups -OCH3 is 1. The van der Waals surface area contributed by atoms with Gasteiger partial charge in [0, 0.05) is 18.7 Å². The molecule has 0 unspecified atom stereocenters. The number of ether oxygens (including phenoxy) is 1. The van der Waals surface area contributed by atoms with Gasteiger partial charge in [0.25, 0.3) is 15.9 Å². The predicted molar refractivity (Wildman–Crippen MR) is 99.3 cm³/mol. The molecule has 0 bridgehead atoms. The zero-order chi connectivity index (χ0) is 19.0. The lowest BCUT2D eigenvalue weighted by Crippen LogP contribution is -2.30. The maximum atomic E-state index is 13.1. The van der Waals surface area contributed by atoms with Gasteiger partial charge < -0.3 is 14.1 Å². The normalized spacial score (nSPS) is 14.3. The number of anilines is 1. The first-order chi connectivity index (χ1) is 13.0. The van der Waals surface area contributed by atoms with Crippen molar-refractivity contribution >= 4 is 15.7 Å². The second kappa shape index (κ2) is 6.73. The topological polar surface area (TPSA) is 101 Å². The molecule has 1 saturated carbocycles. The zero-order valence-corrected chi connectivity index (χ0v) is 15.9. The fourth-order valence-corrected chi connectivity index (χ4v) is 4.32. The summed E-state index contributed by atoms with van der Waals surface area (Å²) in [6.07, 6.45) is 3.55. The summed E-state index contributed by atoms with van der Waals surface area (Å²) in [4.78, 5) is 3.07. The first-order valence-corrected chi connectivity index (χ1v) is 10.2. The zero-order valence-electron chi connectivity index (χ0n) is 15.0. The third kappa shape index (κ3) is 3.30. The summed E-state index contributed by atoms with van der Waals surface area (Å²) < 4.78 is 38.3. The second-order valence-corrected chi connectivity index (χ2v) is 8.20. The van der Waals surface area contributed by atoms with Crippen molar-refractivity contribution in [3.8, 4) is 17.3 Å². The van der Waals surface area contributed by atoms with Crippen LogP contribution in [0.2, 0.25) is 0 Å². The quantitative estimate of drug-likeness (QED) is 0.667. The van der Waals surface area contributed by atoms with Crippen molar-refractivity contribution in [3.63, 3.8) is 0 Å². The number of aromatic amines is 1. The molecule has 8 nitrogen and oxygen atoms in total. The summed E-state index contributed by atoms with van der Waals surface area (Å²) in [7, 11) is -2.17. The number of H-pyrrole nitrogens is 1. The fourth-order valence-electron chi connectivity index (χ4n) is 2.85. The van der Waals surface area contributed by atoms with Gasteiger partial charge in [-0.2, -0.15) is 0 Å². The Labute approximate surface area is 157 Å². The van der Waals surface area contributed by atoms with E-state index in [1.165, 1.54) is 16.6 Å². The van der Waals surface area contributed by atoms with Crippen LogP contribution in [-0.4, -0.2) is 37.3 Å². The molecule has 0 radical (unpaired) electrons. The molecule has 3 aromatic rings. The van der Waals surface area contributed by atoms with Gasteiger partial charge in [0.05, 0.1) is 12.8 Å². The maximum absolute atomic E-state index is 13.1. The van der Waals surface area contributed by atoms with E-state index >= 15 is 0 Å². The van der Waals surface area contributed by atoms with E-state index in [1.807, 2.05) is 0 Å². The van der Waals surface area contributed by atoms with Crippen molar-refractivity contribution in [1.82, 2.24) is 15.2 Å². The van der Waals surface area contributed by atoms with Crippen LogP contribution < -0.4 is 9.04 Å². The maximum Gasteiger partial charge on any atom is 0.265 e. The predicted octanol–water partition coefficient (Wildman–Crippen LogP) is 3.17. The summed E-state index contributed by atoms with van der Waals surface area (Å²) in [5.41, 5.74) is 1.05. The molecular weight excluding hydrogens is 368 g/mol. The molecule has 0 spiro atoms. The number of hydrogen-bond donors (Lipinski definition) is 1. The number of rotatable bonds is 7. The molecule has 0 amide bonds. The molecular formula is C18H20N4O4S. The van der Waals surface area contributed by atoms with Crippen LogP contribution in [0.4, 0.5) is 5.69 Å². The van der Waals surface area contributed by atoms with Crippen molar-refractivity contribution in [2.75, 3.05) is 18.0 Å². The summed E-state index contributed by atoms with van der Waals surface area (Å²) >= 11 is 0. The molecule has 142 valence electrons. The van der Waals surface area contributed by atoms with Crippen molar-refractivity contribution in [3.05, 3.63) is 42.4 Å². The Balaban J connectivity index is 1.62. The molecule has 1 aliphatic carbocycles. The average Bonchev–Trinajstić information content (AvgIpc) is 3.20. The minimum atomic E-state index is -3.74. The van der Waals surface area contributed by atoms with Crippen LogP contribution in [0.5, 0.6) is 5.75 Å². The summed E-state index contributed by atoms with van der Waals surface area (Å²) in [5, 5.41) is 8.05. The molecule has 1 aliphatic rings. The molecule has 1 fully saturated rings. The minimum absolute atomic E-state index is 0.140. The molecule has 1 aromatic carbocycles. The van der Waals surface area contributed by atoms with Gasteiger partial charge in [-0.05, 0) is 50.1 Å². The first-order valence-electron chi connectivity index (χ1n) is 8.72. The third-order valence-electron chi connectivity index (χ3n) is 4.49. The smallest absolute Gasteiger partial charge is 0.265 e. The Morgan fingerprint density at radius 1 is 1.26 bits per heavy atom.